The summed E-state index contributed by atoms with van der Waals surface area (Å²) in [5.41, 5.74) is 1.33. The van der Waals surface area contributed by atoms with E-state index in [9.17, 15) is 0 Å². The number of aliphatic imine (C=N–C) groups is 1. The van der Waals surface area contributed by atoms with Crippen LogP contribution in [0, 0.1) is 5.92 Å². The van der Waals surface area contributed by atoms with Crippen LogP contribution in [0.4, 0.5) is 0 Å². The van der Waals surface area contributed by atoms with Gasteiger partial charge >= 0.3 is 0 Å². The summed E-state index contributed by atoms with van der Waals surface area (Å²) in [7, 11) is 0. The molecule has 0 unspecified atom stereocenters. The van der Waals surface area contributed by atoms with Crippen molar-refractivity contribution in [3.8, 4) is 0 Å². The van der Waals surface area contributed by atoms with Gasteiger partial charge in [0.15, 0.2) is 0 Å². The van der Waals surface area contributed by atoms with Crippen molar-refractivity contribution < 1.29 is 0 Å². The number of hydrogen-bond acceptors (Lipinski definition) is 3. The van der Waals surface area contributed by atoms with Crippen LogP contribution in [0.3, 0.4) is 0 Å². The predicted octanol–water partition coefficient (Wildman–Crippen LogP) is 2.04. The Kier molecular flexibility index (Phi) is 3.68. The Bertz CT molecular complexity index is 649. The Morgan fingerprint density at radius 3 is 2.75 bits per heavy atom. The fraction of sp³-hybridized carbons (Fsp3) is 0.412. The van der Waals surface area contributed by atoms with E-state index in [2.05, 4.69) is 34.9 Å². The minimum atomic E-state index is 0.641. The quantitative estimate of drug-likeness (QED) is 0.845. The fourth-order valence-electron chi connectivity index (χ4n) is 3.00. The molecule has 0 aromatic carbocycles. The number of rotatable bonds is 1. The van der Waals surface area contributed by atoms with E-state index in [0.717, 1.165) is 22.3 Å². The lowest BCUT2D eigenvalue weighted by Gasteiger charge is -2.26. The van der Waals surface area contributed by atoms with Crippen molar-refractivity contribution in [2.75, 3.05) is 0 Å². The second-order valence-corrected chi connectivity index (χ2v) is 5.85. The molecular formula is C17H21N3. The van der Waals surface area contributed by atoms with Gasteiger partial charge in [-0.05, 0) is 42.4 Å². The number of hydrogen-bond donors (Lipinski definition) is 1. The zero-order chi connectivity index (χ0) is 13.9. The van der Waals surface area contributed by atoms with Gasteiger partial charge in [-0.2, -0.15) is 0 Å². The maximum Gasteiger partial charge on any atom is 0.139 e. The molecule has 3 nitrogen and oxygen atoms in total. The minimum Gasteiger partial charge on any atom is -0.346 e. The third kappa shape index (κ3) is 2.67. The van der Waals surface area contributed by atoms with E-state index >= 15 is 0 Å². The molecular weight excluding hydrogens is 246 g/mol. The van der Waals surface area contributed by atoms with Crippen molar-refractivity contribution in [1.29, 1.82) is 0 Å². The number of allylic oxidation sites excluding steroid dienone is 1. The van der Waals surface area contributed by atoms with E-state index in [1.54, 1.807) is 6.21 Å². The Hall–Kier alpha value is -1.90. The number of pyridine rings is 1. The van der Waals surface area contributed by atoms with Crippen LogP contribution in [0.2, 0.25) is 0 Å². The number of aromatic nitrogens is 1. The van der Waals surface area contributed by atoms with Gasteiger partial charge < -0.3 is 5.32 Å². The SMILES string of the molecule is C=c1ncc(C2CCC(C)CC2)c/c1=C1/N=CC=CN1. The average Bonchev–Trinajstić information content (AvgIpc) is 2.50. The number of nitrogens with zero attached hydrogens (tertiary/aromatic N) is 2. The van der Waals surface area contributed by atoms with E-state index in [4.69, 9.17) is 0 Å². The largest absolute Gasteiger partial charge is 0.346 e. The summed E-state index contributed by atoms with van der Waals surface area (Å²) in [6, 6.07) is 2.22. The molecule has 3 heteroatoms. The monoisotopic (exact) mass is 267 g/mol. The van der Waals surface area contributed by atoms with Crippen LogP contribution in [0.15, 0.2) is 29.5 Å². The molecule has 2 heterocycles. The molecule has 1 saturated carbocycles. The molecule has 3 rings (SSSR count). The first kappa shape index (κ1) is 13.1. The first-order chi connectivity index (χ1) is 9.74. The Balaban J connectivity index is 1.97. The summed E-state index contributed by atoms with van der Waals surface area (Å²) in [6.07, 6.45) is 12.7. The molecule has 0 bridgehead atoms. The molecule has 1 aliphatic carbocycles. The first-order valence-electron chi connectivity index (χ1n) is 7.39. The lowest BCUT2D eigenvalue weighted by atomic mass is 9.80. The predicted molar refractivity (Wildman–Crippen MR) is 83.6 cm³/mol. The van der Waals surface area contributed by atoms with Crippen LogP contribution < -0.4 is 15.9 Å². The molecule has 104 valence electrons. The Morgan fingerprint density at radius 2 is 2.05 bits per heavy atom. The van der Waals surface area contributed by atoms with Crippen LogP contribution in [-0.4, -0.2) is 11.2 Å². The topological polar surface area (TPSA) is 37.3 Å². The van der Waals surface area contributed by atoms with Crippen molar-refractivity contribution in [2.45, 2.75) is 38.5 Å². The molecule has 2 aliphatic rings. The number of nitrogens with one attached hydrogen (secondary N) is 1. The van der Waals surface area contributed by atoms with Crippen LogP contribution in [0.5, 0.6) is 0 Å². The summed E-state index contributed by atoms with van der Waals surface area (Å²) < 4.78 is 0. The summed E-state index contributed by atoms with van der Waals surface area (Å²) in [5.74, 6) is 2.35. The molecule has 1 aromatic rings. The second-order valence-electron chi connectivity index (χ2n) is 5.85. The van der Waals surface area contributed by atoms with Gasteiger partial charge in [-0.1, -0.05) is 26.3 Å². The van der Waals surface area contributed by atoms with E-state index in [-0.39, 0.29) is 0 Å². The van der Waals surface area contributed by atoms with Crippen molar-refractivity contribution >= 4 is 18.6 Å². The van der Waals surface area contributed by atoms with Gasteiger partial charge in [-0.3, -0.25) is 4.98 Å². The molecule has 0 spiro atoms. The third-order valence-electron chi connectivity index (χ3n) is 4.34. The lowest BCUT2D eigenvalue weighted by Crippen LogP contribution is -2.33. The molecule has 1 aliphatic heterocycles. The maximum absolute atomic E-state index is 4.48. The van der Waals surface area contributed by atoms with Gasteiger partial charge in [0.2, 0.25) is 0 Å². The maximum atomic E-state index is 4.48. The summed E-state index contributed by atoms with van der Waals surface area (Å²) in [6.45, 7) is 6.37. The van der Waals surface area contributed by atoms with Crippen LogP contribution in [0.1, 0.15) is 44.1 Å². The zero-order valence-electron chi connectivity index (χ0n) is 12.0. The fourth-order valence-corrected chi connectivity index (χ4v) is 3.00. The average molecular weight is 267 g/mol. The summed E-state index contributed by atoms with van der Waals surface area (Å²) in [5, 5.41) is 4.97. The molecule has 0 radical (unpaired) electrons. The van der Waals surface area contributed by atoms with Gasteiger partial charge in [-0.15, -0.1) is 0 Å². The van der Waals surface area contributed by atoms with Crippen molar-refractivity contribution in [2.24, 2.45) is 10.9 Å². The Morgan fingerprint density at radius 1 is 1.25 bits per heavy atom. The molecule has 0 saturated heterocycles. The smallest absolute Gasteiger partial charge is 0.139 e. The second kappa shape index (κ2) is 5.61. The van der Waals surface area contributed by atoms with Gasteiger partial charge in [0, 0.05) is 23.8 Å². The highest BCUT2D eigenvalue weighted by atomic mass is 15.0. The lowest BCUT2D eigenvalue weighted by molar-refractivity contribution is 0.347. The Labute approximate surface area is 119 Å². The van der Waals surface area contributed by atoms with Crippen molar-refractivity contribution in [3.05, 3.63) is 40.7 Å². The summed E-state index contributed by atoms with van der Waals surface area (Å²) in [4.78, 5) is 8.85. The van der Waals surface area contributed by atoms with E-state index in [0.29, 0.717) is 5.92 Å². The van der Waals surface area contributed by atoms with E-state index in [1.807, 2.05) is 18.5 Å². The minimum absolute atomic E-state index is 0.641. The molecule has 20 heavy (non-hydrogen) atoms. The van der Waals surface area contributed by atoms with Crippen molar-refractivity contribution in [1.82, 2.24) is 10.3 Å². The van der Waals surface area contributed by atoms with Crippen molar-refractivity contribution in [3.63, 3.8) is 0 Å². The molecule has 0 atom stereocenters. The van der Waals surface area contributed by atoms with E-state index in [1.165, 1.54) is 31.2 Å². The molecule has 0 amide bonds. The highest BCUT2D eigenvalue weighted by Gasteiger charge is 2.20. The third-order valence-corrected chi connectivity index (χ3v) is 4.34. The first-order valence-corrected chi connectivity index (χ1v) is 7.39. The highest BCUT2D eigenvalue weighted by molar-refractivity contribution is 5.77. The molecule has 1 aromatic heterocycles. The van der Waals surface area contributed by atoms with Gasteiger partial charge in [-0.25, -0.2) is 4.99 Å². The highest BCUT2D eigenvalue weighted by Crippen LogP contribution is 2.34. The van der Waals surface area contributed by atoms with E-state index < -0.39 is 0 Å². The van der Waals surface area contributed by atoms with Gasteiger partial charge in [0.05, 0.1) is 5.35 Å². The van der Waals surface area contributed by atoms with Crippen LogP contribution >= 0.6 is 0 Å². The summed E-state index contributed by atoms with van der Waals surface area (Å²) >= 11 is 0. The zero-order valence-corrected chi connectivity index (χ0v) is 12.0. The van der Waals surface area contributed by atoms with Crippen LogP contribution in [0.25, 0.3) is 12.4 Å². The normalized spacial score (nSPS) is 28.2. The van der Waals surface area contributed by atoms with Crippen LogP contribution in [-0.2, 0) is 0 Å². The van der Waals surface area contributed by atoms with Gasteiger partial charge in [0.1, 0.15) is 5.82 Å². The van der Waals surface area contributed by atoms with Gasteiger partial charge in [0.25, 0.3) is 0 Å². The molecule has 1 N–H and O–H groups in total. The molecule has 1 fully saturated rings. The standard InChI is InChI=1S/C17H21N3/c1-12-4-6-14(7-5-12)15-10-16(13(2)20-11-15)17-18-8-3-9-19-17/h3,8-12,14,18H,2,4-7H2,1H3/b17-16-.